The molecule has 0 spiro atoms. The van der Waals surface area contributed by atoms with E-state index < -0.39 is 0 Å². The van der Waals surface area contributed by atoms with Crippen LogP contribution in [0.5, 0.6) is 0 Å². The molecular weight excluding hydrogens is 1420 g/mol. The Kier molecular flexibility index (Phi) is 17.6. The number of fused-ring (bicyclic) bond motifs is 16. The second-order valence-corrected chi connectivity index (χ2v) is 30.4. The van der Waals surface area contributed by atoms with Crippen molar-refractivity contribution in [1.29, 1.82) is 0 Å². The monoisotopic (exact) mass is 1500 g/mol. The Bertz CT molecular complexity index is 6830. The van der Waals surface area contributed by atoms with Crippen LogP contribution in [0, 0.1) is 62.3 Å². The molecule has 550 valence electrons. The van der Waals surface area contributed by atoms with Gasteiger partial charge in [0.05, 0.1) is 45.6 Å². The van der Waals surface area contributed by atoms with Crippen molar-refractivity contribution in [3.05, 3.63) is 325 Å². The molecule has 7 aromatic heterocycles. The fourth-order valence-corrected chi connectivity index (χ4v) is 17.6. The van der Waals surface area contributed by atoms with Crippen LogP contribution in [0.2, 0.25) is 5.28 Å². The minimum atomic E-state index is 0.0164. The summed E-state index contributed by atoms with van der Waals surface area (Å²) in [6.07, 6.45) is 17.2. The minimum Gasteiger partial charge on any atom is -0.354 e. The van der Waals surface area contributed by atoms with Gasteiger partial charge >= 0.3 is 0 Å². The van der Waals surface area contributed by atoms with Crippen molar-refractivity contribution >= 4 is 128 Å². The number of halogens is 1. The summed E-state index contributed by atoms with van der Waals surface area (Å²) in [4.78, 5) is 52.2. The molecule has 19 rings (SSSR count). The lowest BCUT2D eigenvalue weighted by Gasteiger charge is -2.14. The highest BCUT2D eigenvalue weighted by molar-refractivity contribution is 6.28. The predicted molar refractivity (Wildman–Crippen MR) is 475 cm³/mol. The number of anilines is 4. The van der Waals surface area contributed by atoms with Crippen LogP contribution in [-0.2, 0) is 0 Å². The number of H-pyrrole nitrogens is 4. The molecule has 0 unspecified atom stereocenters. The van der Waals surface area contributed by atoms with Gasteiger partial charge in [-0.3, -0.25) is 0 Å². The number of hydrogen-bond donors (Lipinski definition) is 6. The summed E-state index contributed by atoms with van der Waals surface area (Å²) < 4.78 is 0. The van der Waals surface area contributed by atoms with Crippen LogP contribution in [0.15, 0.2) is 224 Å². The highest BCUT2D eigenvalue weighted by atomic mass is 35.5. The zero-order chi connectivity index (χ0) is 77.6. The summed E-state index contributed by atoms with van der Waals surface area (Å²) in [6.45, 7) is 19.7. The van der Waals surface area contributed by atoms with E-state index in [9.17, 15) is 0 Å². The highest BCUT2D eigenvalue weighted by Gasteiger charge is 2.26. The minimum absolute atomic E-state index is 0.0164. The molecular formula is C100H78ClN13. The third kappa shape index (κ3) is 13.0. The van der Waals surface area contributed by atoms with E-state index >= 15 is 0 Å². The lowest BCUT2D eigenvalue weighted by atomic mass is 9.92. The number of aryl methyl sites for hydroxylation is 9. The van der Waals surface area contributed by atoms with Gasteiger partial charge in [0.1, 0.15) is 0 Å². The summed E-state index contributed by atoms with van der Waals surface area (Å²) in [5.41, 5.74) is 42.5. The highest BCUT2D eigenvalue weighted by Crippen LogP contribution is 2.45. The molecule has 4 aliphatic heterocycles. The Morgan fingerprint density at radius 3 is 0.667 bits per heavy atom. The number of benzene rings is 8. The third-order valence-corrected chi connectivity index (χ3v) is 22.1. The number of aromatic nitrogens is 11. The van der Waals surface area contributed by atoms with Crippen molar-refractivity contribution in [3.8, 4) is 89.0 Å². The number of nitrogens with zero attached hydrogens (tertiary/aromatic N) is 7. The number of hydrogen-bond acceptors (Lipinski definition) is 9. The summed E-state index contributed by atoms with van der Waals surface area (Å²) in [7, 11) is 0. The molecule has 16 bridgehead atoms. The van der Waals surface area contributed by atoms with Gasteiger partial charge in [-0.25, -0.2) is 19.9 Å². The van der Waals surface area contributed by atoms with Gasteiger partial charge in [0.2, 0.25) is 17.2 Å². The topological polar surface area (TPSA) is 177 Å². The van der Waals surface area contributed by atoms with E-state index in [2.05, 4.69) is 333 Å². The molecule has 0 radical (unpaired) electrons. The predicted octanol–water partition coefficient (Wildman–Crippen LogP) is 26.1. The lowest BCUT2D eigenvalue weighted by molar-refractivity contribution is 1.06. The van der Waals surface area contributed by atoms with Gasteiger partial charge in [-0.2, -0.15) is 15.0 Å². The third-order valence-electron chi connectivity index (χ3n) is 21.9. The molecule has 15 aromatic rings. The molecule has 0 aliphatic carbocycles. The number of rotatable bonds is 12. The summed E-state index contributed by atoms with van der Waals surface area (Å²) in [6, 6.07) is 78.9. The van der Waals surface area contributed by atoms with Gasteiger partial charge in [-0.05, 0) is 273 Å². The smallest absolute Gasteiger partial charge is 0.233 e. The molecule has 0 saturated heterocycles. The molecule has 0 saturated carbocycles. The van der Waals surface area contributed by atoms with Crippen LogP contribution in [0.3, 0.4) is 0 Å². The molecule has 14 heteroatoms. The summed E-state index contributed by atoms with van der Waals surface area (Å²) in [5.74, 6) is 0.518. The average Bonchev–Trinajstić information content (AvgIpc) is 1.59. The van der Waals surface area contributed by atoms with Crippen molar-refractivity contribution in [2.45, 2.75) is 62.3 Å². The molecule has 114 heavy (non-hydrogen) atoms. The van der Waals surface area contributed by atoms with Crippen LogP contribution in [0.25, 0.3) is 182 Å². The van der Waals surface area contributed by atoms with Gasteiger partial charge in [-0.15, -0.1) is 0 Å². The first-order chi connectivity index (χ1) is 55.5. The molecule has 6 N–H and O–H groups in total. The molecule has 4 aliphatic rings. The van der Waals surface area contributed by atoms with Gasteiger partial charge < -0.3 is 30.6 Å². The fourth-order valence-electron chi connectivity index (χ4n) is 17.4. The van der Waals surface area contributed by atoms with Crippen LogP contribution >= 0.6 is 11.6 Å². The zero-order valence-electron chi connectivity index (χ0n) is 64.5. The second-order valence-electron chi connectivity index (χ2n) is 30.1. The fraction of sp³-hybridized carbons (Fsp3) is 0.0900. The summed E-state index contributed by atoms with van der Waals surface area (Å²) >= 11 is 6.83. The normalized spacial score (nSPS) is 12.2. The zero-order valence-corrected chi connectivity index (χ0v) is 65.2. The molecule has 8 aromatic carbocycles. The first kappa shape index (κ1) is 70.3. The van der Waals surface area contributed by atoms with Crippen LogP contribution in [0.4, 0.5) is 23.3 Å². The SMILES string of the molecule is Cc1cc(C)c(-c2c3nc(c(-c4c(C)cc(C)cc4C)c4ccc([nH]4)c(-c4c(C)cc(C)cc4C)c4nc(c(-c5ccc(Nc6nc(Cl)nc(Nc7ccc(-c8c9nc(c(-c%10ccccc%10)c%10ccc([nH]%10)c(-c%10ccccc%10)c%10nc(c(-c%11ccccc%11)c%11ccc8[nH]%11)C=C%10)C=C9)cc7)n6)cc5)c5ccc2[nH]5)C=C4)C=C3)c(C)c1. The Labute approximate surface area is 665 Å². The number of nitrogens with one attached hydrogen (secondary N) is 6. The van der Waals surface area contributed by atoms with Crippen LogP contribution in [-0.4, -0.2) is 54.8 Å². The molecule has 11 heterocycles. The summed E-state index contributed by atoms with van der Waals surface area (Å²) in [5, 5.41) is 6.91. The largest absolute Gasteiger partial charge is 0.354 e. The molecule has 0 fully saturated rings. The van der Waals surface area contributed by atoms with Gasteiger partial charge in [-0.1, -0.05) is 168 Å². The maximum Gasteiger partial charge on any atom is 0.233 e. The Morgan fingerprint density at radius 1 is 0.219 bits per heavy atom. The van der Waals surface area contributed by atoms with E-state index in [0.717, 1.165) is 190 Å². The lowest BCUT2D eigenvalue weighted by Crippen LogP contribution is -2.04. The van der Waals surface area contributed by atoms with Gasteiger partial charge in [0.25, 0.3) is 0 Å². The first-order valence-electron chi connectivity index (χ1n) is 38.4. The average molecular weight is 1500 g/mol. The van der Waals surface area contributed by atoms with Crippen molar-refractivity contribution < 1.29 is 0 Å². The second kappa shape index (κ2) is 28.6. The first-order valence-corrected chi connectivity index (χ1v) is 38.8. The van der Waals surface area contributed by atoms with Gasteiger partial charge in [0.15, 0.2) is 0 Å². The van der Waals surface area contributed by atoms with Crippen LogP contribution in [0.1, 0.15) is 95.6 Å². The van der Waals surface area contributed by atoms with Crippen molar-refractivity contribution in [3.63, 3.8) is 0 Å². The molecule has 13 nitrogen and oxygen atoms in total. The van der Waals surface area contributed by atoms with Crippen molar-refractivity contribution in [1.82, 2.24) is 54.8 Å². The van der Waals surface area contributed by atoms with E-state index in [-0.39, 0.29) is 17.2 Å². The van der Waals surface area contributed by atoms with E-state index in [1.807, 2.05) is 42.5 Å². The van der Waals surface area contributed by atoms with Crippen LogP contribution < -0.4 is 10.6 Å². The van der Waals surface area contributed by atoms with Crippen molar-refractivity contribution in [2.75, 3.05) is 10.6 Å². The van der Waals surface area contributed by atoms with E-state index in [1.165, 1.54) is 50.1 Å². The molecule has 0 amide bonds. The molecule has 0 atom stereocenters. The van der Waals surface area contributed by atoms with Gasteiger partial charge in [0, 0.05) is 100 Å². The van der Waals surface area contributed by atoms with E-state index in [4.69, 9.17) is 36.5 Å². The maximum absolute atomic E-state index is 6.83. The quantitative estimate of drug-likeness (QED) is 0.0695. The van der Waals surface area contributed by atoms with E-state index in [0.29, 0.717) is 0 Å². The standard InChI is InChI=1S/C100H78ClN13/c1-55-49-58(4)87(59(5)50-55)95-81-43-41-79(108-81)94(80-42-44-82(109-80)96(88-60(6)51-56(2)52-61(88)7)84-46-48-86(111-84)97(85-47-45-83(95)110-85)89-62(8)53-57(3)54-63(89)9)68-27-31-70(32-28-68)103-100-113-98(101)112-99(114-100)102-69-29-25-67(26-30-69)93-77-39-37-75(106-77)91(65-21-15-11-16-22-65)73-35-33-71(104-73)90(64-19-13-10-14-20-64)72-34-36-74(105-72)92(66-23-17-12-18-24-66)76-38-40-78(93)107-76/h10-54,104,107-108,111H,1-9H3,(H2,102,103,112,113,114). The Balaban J connectivity index is 0.704. The Hall–Kier alpha value is -14.1. The Morgan fingerprint density at radius 2 is 0.430 bits per heavy atom. The van der Waals surface area contributed by atoms with Crippen molar-refractivity contribution in [2.24, 2.45) is 0 Å². The van der Waals surface area contributed by atoms with E-state index in [1.54, 1.807) is 0 Å². The maximum atomic E-state index is 6.83. The number of aromatic amines is 4.